The summed E-state index contributed by atoms with van der Waals surface area (Å²) in [6, 6.07) is 0.475. The van der Waals surface area contributed by atoms with Crippen LogP contribution in [0.4, 0.5) is 0 Å². The highest BCUT2D eigenvalue weighted by Gasteiger charge is 2.34. The molecule has 1 saturated heterocycles. The first-order valence-corrected chi connectivity index (χ1v) is 9.14. The predicted molar refractivity (Wildman–Crippen MR) is 93.9 cm³/mol. The van der Waals surface area contributed by atoms with Gasteiger partial charge in [-0.3, -0.25) is 4.99 Å². The quantitative estimate of drug-likeness (QED) is 0.352. The summed E-state index contributed by atoms with van der Waals surface area (Å²) in [7, 11) is 1.76. The Morgan fingerprint density at radius 2 is 2.09 bits per heavy atom. The molecule has 1 saturated carbocycles. The smallest absolute Gasteiger partial charge is 0.191 e. The fourth-order valence-electron chi connectivity index (χ4n) is 3.22. The van der Waals surface area contributed by atoms with Gasteiger partial charge in [0.2, 0.25) is 0 Å². The molecule has 0 aromatic carbocycles. The van der Waals surface area contributed by atoms with E-state index in [1.165, 1.54) is 0 Å². The predicted octanol–water partition coefficient (Wildman–Crippen LogP) is 0.957. The van der Waals surface area contributed by atoms with Crippen LogP contribution in [0.3, 0.4) is 0 Å². The van der Waals surface area contributed by atoms with Crippen molar-refractivity contribution < 1.29 is 9.84 Å². The molecule has 2 aliphatic rings. The molecule has 134 valence electrons. The highest BCUT2D eigenvalue weighted by atomic mass is 16.5. The van der Waals surface area contributed by atoms with Crippen molar-refractivity contribution in [3.63, 3.8) is 0 Å². The van der Waals surface area contributed by atoms with E-state index in [0.29, 0.717) is 12.6 Å². The summed E-state index contributed by atoms with van der Waals surface area (Å²) in [5.74, 6) is 0.852. The molecular weight excluding hydrogens is 292 g/mol. The third-order valence-corrected chi connectivity index (χ3v) is 4.91. The zero-order chi connectivity index (χ0) is 16.5. The molecule has 0 spiro atoms. The van der Waals surface area contributed by atoms with Gasteiger partial charge >= 0.3 is 0 Å². The topological polar surface area (TPSA) is 69.1 Å². The highest BCUT2D eigenvalue weighted by Crippen LogP contribution is 2.31. The Balaban J connectivity index is 1.72. The summed E-state index contributed by atoms with van der Waals surface area (Å²) < 4.78 is 5.12. The molecular formula is C17H34N4O2. The molecule has 6 nitrogen and oxygen atoms in total. The molecule has 6 heteroatoms. The van der Waals surface area contributed by atoms with Gasteiger partial charge in [0.25, 0.3) is 0 Å². The van der Waals surface area contributed by atoms with Crippen molar-refractivity contribution in [2.24, 2.45) is 4.99 Å². The van der Waals surface area contributed by atoms with Crippen LogP contribution in [0.1, 0.15) is 45.4 Å². The van der Waals surface area contributed by atoms with E-state index in [2.05, 4.69) is 27.4 Å². The van der Waals surface area contributed by atoms with Crippen LogP contribution in [0.25, 0.3) is 0 Å². The molecule has 1 aliphatic heterocycles. The van der Waals surface area contributed by atoms with Gasteiger partial charge in [0.05, 0.1) is 12.1 Å². The lowest BCUT2D eigenvalue weighted by molar-refractivity contribution is -0.0236. The van der Waals surface area contributed by atoms with E-state index < -0.39 is 5.60 Å². The number of nitrogens with zero attached hydrogens (tertiary/aromatic N) is 2. The van der Waals surface area contributed by atoms with Gasteiger partial charge in [-0.25, -0.2) is 0 Å². The second-order valence-corrected chi connectivity index (χ2v) is 6.88. The third kappa shape index (κ3) is 6.28. The average Bonchev–Trinajstić information content (AvgIpc) is 2.53. The number of guanidine groups is 1. The molecule has 1 aliphatic carbocycles. The maximum Gasteiger partial charge on any atom is 0.191 e. The third-order valence-electron chi connectivity index (χ3n) is 4.91. The SMILES string of the molecule is CCNC(=NCC1(O)CCC1)NC1CCN(CCCOC)CC1. The molecule has 23 heavy (non-hydrogen) atoms. The summed E-state index contributed by atoms with van der Waals surface area (Å²) in [4.78, 5) is 7.11. The average molecular weight is 326 g/mol. The first kappa shape index (κ1) is 18.5. The Hall–Kier alpha value is -0.850. The number of nitrogens with one attached hydrogen (secondary N) is 2. The largest absolute Gasteiger partial charge is 0.388 e. The van der Waals surface area contributed by atoms with Gasteiger partial charge in [-0.1, -0.05) is 0 Å². The van der Waals surface area contributed by atoms with Crippen LogP contribution in [0, 0.1) is 0 Å². The van der Waals surface area contributed by atoms with E-state index in [1.807, 2.05) is 0 Å². The molecule has 1 heterocycles. The first-order valence-electron chi connectivity index (χ1n) is 9.14. The van der Waals surface area contributed by atoms with Crippen LogP contribution in [0.15, 0.2) is 4.99 Å². The molecule has 3 N–H and O–H groups in total. The molecule has 2 rings (SSSR count). The summed E-state index contributed by atoms with van der Waals surface area (Å²) in [6.45, 7) is 7.67. The molecule has 0 radical (unpaired) electrons. The lowest BCUT2D eigenvalue weighted by atomic mass is 9.80. The minimum absolute atomic E-state index is 0.475. The second kappa shape index (κ2) is 9.45. The summed E-state index contributed by atoms with van der Waals surface area (Å²) in [5.41, 5.74) is -0.549. The van der Waals surface area contributed by atoms with Crippen molar-refractivity contribution in [1.29, 1.82) is 0 Å². The zero-order valence-corrected chi connectivity index (χ0v) is 14.8. The Labute approximate surface area is 140 Å². The monoisotopic (exact) mass is 326 g/mol. The number of aliphatic imine (C=N–C) groups is 1. The van der Waals surface area contributed by atoms with E-state index in [-0.39, 0.29) is 0 Å². The fraction of sp³-hybridized carbons (Fsp3) is 0.941. The second-order valence-electron chi connectivity index (χ2n) is 6.88. The molecule has 0 atom stereocenters. The van der Waals surface area contributed by atoms with E-state index in [0.717, 1.165) is 77.3 Å². The van der Waals surface area contributed by atoms with Crippen molar-refractivity contribution in [3.8, 4) is 0 Å². The number of likely N-dealkylation sites (tertiary alicyclic amines) is 1. The van der Waals surface area contributed by atoms with Crippen molar-refractivity contribution in [3.05, 3.63) is 0 Å². The number of rotatable bonds is 8. The van der Waals surface area contributed by atoms with Gasteiger partial charge in [-0.05, 0) is 45.4 Å². The lowest BCUT2D eigenvalue weighted by Crippen LogP contribution is -2.49. The minimum Gasteiger partial charge on any atom is -0.388 e. The highest BCUT2D eigenvalue weighted by molar-refractivity contribution is 5.80. The van der Waals surface area contributed by atoms with Crippen LogP contribution in [-0.2, 0) is 4.74 Å². The Morgan fingerprint density at radius 3 is 2.65 bits per heavy atom. The van der Waals surface area contributed by atoms with Crippen molar-refractivity contribution >= 4 is 5.96 Å². The Morgan fingerprint density at radius 1 is 1.35 bits per heavy atom. The van der Waals surface area contributed by atoms with Crippen molar-refractivity contribution in [2.45, 2.75) is 57.1 Å². The van der Waals surface area contributed by atoms with Gasteiger partial charge < -0.3 is 25.4 Å². The van der Waals surface area contributed by atoms with E-state index in [9.17, 15) is 5.11 Å². The van der Waals surface area contributed by atoms with Crippen LogP contribution < -0.4 is 10.6 Å². The zero-order valence-electron chi connectivity index (χ0n) is 14.8. The minimum atomic E-state index is -0.549. The maximum atomic E-state index is 10.2. The standard InChI is InChI=1S/C17H34N4O2/c1-3-18-16(19-14-17(22)8-4-9-17)20-15-6-11-21(12-7-15)10-5-13-23-2/h15,22H,3-14H2,1-2H3,(H2,18,19,20). The number of ether oxygens (including phenoxy) is 1. The molecule has 0 unspecified atom stereocenters. The lowest BCUT2D eigenvalue weighted by Gasteiger charge is -2.36. The van der Waals surface area contributed by atoms with Crippen LogP contribution in [-0.4, -0.2) is 74.0 Å². The van der Waals surface area contributed by atoms with E-state index >= 15 is 0 Å². The number of piperidine rings is 1. The van der Waals surface area contributed by atoms with Gasteiger partial charge in [-0.2, -0.15) is 0 Å². The van der Waals surface area contributed by atoms with Gasteiger partial charge in [0.15, 0.2) is 5.96 Å². The number of methoxy groups -OCH3 is 1. The fourth-order valence-corrected chi connectivity index (χ4v) is 3.22. The van der Waals surface area contributed by atoms with Gasteiger partial charge in [0, 0.05) is 45.9 Å². The normalized spacial score (nSPS) is 22.7. The van der Waals surface area contributed by atoms with Crippen molar-refractivity contribution in [1.82, 2.24) is 15.5 Å². The molecule has 0 aromatic rings. The Kier molecular flexibility index (Phi) is 7.59. The summed E-state index contributed by atoms with van der Waals surface area (Å²) >= 11 is 0. The van der Waals surface area contributed by atoms with E-state index in [1.54, 1.807) is 7.11 Å². The molecule has 0 amide bonds. The Bertz CT molecular complexity index is 364. The van der Waals surface area contributed by atoms with Gasteiger partial charge in [-0.15, -0.1) is 0 Å². The molecule has 2 fully saturated rings. The van der Waals surface area contributed by atoms with Crippen LogP contribution in [0.2, 0.25) is 0 Å². The number of hydrogen-bond acceptors (Lipinski definition) is 4. The van der Waals surface area contributed by atoms with Crippen LogP contribution in [0.5, 0.6) is 0 Å². The molecule has 0 aromatic heterocycles. The number of aliphatic hydroxyl groups is 1. The first-order chi connectivity index (χ1) is 11.1. The maximum absolute atomic E-state index is 10.2. The van der Waals surface area contributed by atoms with Crippen molar-refractivity contribution in [2.75, 3.05) is 46.4 Å². The summed E-state index contributed by atoms with van der Waals surface area (Å²) in [6.07, 6.45) is 6.28. The number of hydrogen-bond donors (Lipinski definition) is 3. The summed E-state index contributed by atoms with van der Waals surface area (Å²) in [5, 5.41) is 17.0. The van der Waals surface area contributed by atoms with E-state index in [4.69, 9.17) is 4.74 Å². The van der Waals surface area contributed by atoms with Crippen LogP contribution >= 0.6 is 0 Å². The molecule has 0 bridgehead atoms. The van der Waals surface area contributed by atoms with Gasteiger partial charge in [0.1, 0.15) is 0 Å².